The normalized spacial score (nSPS) is 13.1. The van der Waals surface area contributed by atoms with Crippen molar-refractivity contribution in [2.24, 2.45) is 0 Å². The van der Waals surface area contributed by atoms with Gasteiger partial charge in [-0.3, -0.25) is 14.4 Å². The smallest absolute Gasteiger partial charge is 0.338 e. The number of ether oxygens (including phenoxy) is 1. The molecule has 1 heterocycles. The molecule has 3 aromatic rings. The van der Waals surface area contributed by atoms with Gasteiger partial charge in [-0.2, -0.15) is 0 Å². The van der Waals surface area contributed by atoms with E-state index >= 15 is 0 Å². The van der Waals surface area contributed by atoms with E-state index < -0.39 is 23.7 Å². The molecule has 4 rings (SSSR count). The molecule has 3 amide bonds. The molecule has 1 aliphatic heterocycles. The predicted molar refractivity (Wildman–Crippen MR) is 147 cm³/mol. The van der Waals surface area contributed by atoms with Gasteiger partial charge in [0.05, 0.1) is 27.9 Å². The third kappa shape index (κ3) is 5.67. The van der Waals surface area contributed by atoms with E-state index in [9.17, 15) is 19.2 Å². The number of rotatable bonds is 8. The lowest BCUT2D eigenvalue weighted by Gasteiger charge is -2.17. The van der Waals surface area contributed by atoms with Crippen LogP contribution in [0.5, 0.6) is 0 Å². The lowest BCUT2D eigenvalue weighted by atomic mass is 10.1. The van der Waals surface area contributed by atoms with E-state index in [2.05, 4.69) is 10.6 Å². The Morgan fingerprint density at radius 1 is 0.868 bits per heavy atom. The fraction of sp³-hybridized carbons (Fsp3) is 0.111. The number of carbonyl (C=O) groups excluding carboxylic acids is 4. The van der Waals surface area contributed by atoms with Gasteiger partial charge in [-0.05, 0) is 61.0 Å². The Kier molecular flexibility index (Phi) is 8.36. The van der Waals surface area contributed by atoms with E-state index in [1.807, 2.05) is 6.92 Å². The summed E-state index contributed by atoms with van der Waals surface area (Å²) in [5, 5.41) is 5.44. The molecule has 0 aromatic heterocycles. The molecule has 11 heteroatoms. The number of amides is 3. The number of nitrogens with one attached hydrogen (secondary N) is 2. The third-order valence-corrected chi connectivity index (χ3v) is 6.57. The molecule has 1 aliphatic rings. The van der Waals surface area contributed by atoms with E-state index in [4.69, 9.17) is 39.5 Å². The van der Waals surface area contributed by atoms with Crippen molar-refractivity contribution >= 4 is 75.6 Å². The first-order valence-corrected chi connectivity index (χ1v) is 12.5. The third-order valence-electron chi connectivity index (χ3n) is 5.41. The first-order chi connectivity index (χ1) is 18.2. The van der Waals surface area contributed by atoms with Crippen LogP contribution in [0.3, 0.4) is 0 Å². The summed E-state index contributed by atoms with van der Waals surface area (Å²) in [5.41, 5.74) is 1.39. The van der Waals surface area contributed by atoms with Crippen molar-refractivity contribution in [3.8, 4) is 0 Å². The van der Waals surface area contributed by atoms with Gasteiger partial charge in [-0.15, -0.1) is 0 Å². The summed E-state index contributed by atoms with van der Waals surface area (Å²) >= 11 is 18.4. The van der Waals surface area contributed by atoms with Gasteiger partial charge in [0.1, 0.15) is 10.7 Å². The van der Waals surface area contributed by atoms with Crippen LogP contribution >= 0.6 is 34.8 Å². The van der Waals surface area contributed by atoms with Crippen LogP contribution in [0.2, 0.25) is 10.0 Å². The number of hydrogen-bond acceptors (Lipinski definition) is 6. The van der Waals surface area contributed by atoms with Crippen molar-refractivity contribution in [2.45, 2.75) is 13.3 Å². The molecule has 8 nitrogen and oxygen atoms in total. The zero-order valence-corrected chi connectivity index (χ0v) is 22.2. The van der Waals surface area contributed by atoms with Gasteiger partial charge in [0.2, 0.25) is 0 Å². The second kappa shape index (κ2) is 11.7. The van der Waals surface area contributed by atoms with Crippen LogP contribution in [0, 0.1) is 0 Å². The van der Waals surface area contributed by atoms with Crippen molar-refractivity contribution in [2.75, 3.05) is 22.1 Å². The SMILES string of the molecule is CCCOC(=O)c1ccc(NC(=O)c2cccc(NC3=C(Cl)C(=O)N(c4cccc(Cl)c4Cl)C3=O)c2)cc1. The fourth-order valence-electron chi connectivity index (χ4n) is 3.55. The summed E-state index contributed by atoms with van der Waals surface area (Å²) in [6.07, 6.45) is 0.719. The van der Waals surface area contributed by atoms with Crippen molar-refractivity contribution in [1.29, 1.82) is 0 Å². The molecule has 0 saturated heterocycles. The Morgan fingerprint density at radius 3 is 2.29 bits per heavy atom. The number of hydrogen-bond donors (Lipinski definition) is 2. The first kappa shape index (κ1) is 27.2. The molecule has 0 unspecified atom stereocenters. The number of halogens is 3. The van der Waals surface area contributed by atoms with Gasteiger partial charge < -0.3 is 15.4 Å². The number of benzene rings is 3. The fourth-order valence-corrected chi connectivity index (χ4v) is 4.14. The summed E-state index contributed by atoms with van der Waals surface area (Å²) in [5.74, 6) is -2.36. The van der Waals surface area contributed by atoms with Crippen LogP contribution in [0.4, 0.5) is 17.1 Å². The quantitative estimate of drug-likeness (QED) is 0.244. The second-order valence-corrected chi connectivity index (χ2v) is 9.24. The molecule has 38 heavy (non-hydrogen) atoms. The molecule has 0 aliphatic carbocycles. The highest BCUT2D eigenvalue weighted by molar-refractivity contribution is 6.54. The van der Waals surface area contributed by atoms with Crippen molar-refractivity contribution < 1.29 is 23.9 Å². The topological polar surface area (TPSA) is 105 Å². The van der Waals surface area contributed by atoms with E-state index in [0.717, 1.165) is 11.3 Å². The summed E-state index contributed by atoms with van der Waals surface area (Å²) in [6.45, 7) is 2.23. The summed E-state index contributed by atoms with van der Waals surface area (Å²) < 4.78 is 5.09. The number of imide groups is 1. The monoisotopic (exact) mass is 571 g/mol. The van der Waals surface area contributed by atoms with E-state index in [1.165, 1.54) is 18.2 Å². The van der Waals surface area contributed by atoms with Gasteiger partial charge in [0, 0.05) is 16.9 Å². The minimum absolute atomic E-state index is 0.0335. The van der Waals surface area contributed by atoms with Crippen molar-refractivity contribution in [3.63, 3.8) is 0 Å². The highest BCUT2D eigenvalue weighted by atomic mass is 35.5. The zero-order valence-electron chi connectivity index (χ0n) is 19.9. The maximum absolute atomic E-state index is 13.1. The highest BCUT2D eigenvalue weighted by Gasteiger charge is 2.40. The van der Waals surface area contributed by atoms with E-state index in [0.29, 0.717) is 23.5 Å². The lowest BCUT2D eigenvalue weighted by Crippen LogP contribution is -2.32. The molecule has 0 spiro atoms. The molecule has 194 valence electrons. The minimum Gasteiger partial charge on any atom is -0.462 e. The molecule has 0 bridgehead atoms. The van der Waals surface area contributed by atoms with E-state index in [1.54, 1.807) is 48.5 Å². The van der Waals surface area contributed by atoms with Gasteiger partial charge >= 0.3 is 5.97 Å². The number of anilines is 3. The average Bonchev–Trinajstić information content (AvgIpc) is 3.12. The molecule has 0 radical (unpaired) electrons. The summed E-state index contributed by atoms with van der Waals surface area (Å²) in [6, 6.07) is 17.1. The van der Waals surface area contributed by atoms with Crippen LogP contribution in [0.15, 0.2) is 77.5 Å². The van der Waals surface area contributed by atoms with Crippen LogP contribution < -0.4 is 15.5 Å². The van der Waals surface area contributed by atoms with Crippen molar-refractivity contribution in [1.82, 2.24) is 0 Å². The molecule has 3 aromatic carbocycles. The first-order valence-electron chi connectivity index (χ1n) is 11.4. The van der Waals surface area contributed by atoms with Crippen LogP contribution in [-0.2, 0) is 14.3 Å². The Bertz CT molecular complexity index is 1470. The number of nitrogens with zero attached hydrogens (tertiary/aromatic N) is 1. The Balaban J connectivity index is 1.47. The minimum atomic E-state index is -0.765. The van der Waals surface area contributed by atoms with Crippen LogP contribution in [-0.4, -0.2) is 30.3 Å². The summed E-state index contributed by atoms with van der Waals surface area (Å²) in [4.78, 5) is 51.4. The molecular weight excluding hydrogens is 553 g/mol. The Labute approximate surface area is 233 Å². The van der Waals surface area contributed by atoms with Crippen LogP contribution in [0.1, 0.15) is 34.1 Å². The standard InChI is InChI=1S/C27H20Cl3N3O5/c1-2-13-38-27(37)15-9-11-17(12-10-15)32-24(34)16-5-3-6-18(14-16)31-23-22(30)25(35)33(26(23)36)20-8-4-7-19(28)21(20)29/h3-12,14,31H,2,13H2,1H3,(H,32,34). The summed E-state index contributed by atoms with van der Waals surface area (Å²) in [7, 11) is 0. The Hall–Kier alpha value is -3.85. The molecular formula is C27H20Cl3N3O5. The van der Waals surface area contributed by atoms with E-state index in [-0.39, 0.29) is 32.0 Å². The van der Waals surface area contributed by atoms with Crippen molar-refractivity contribution in [3.05, 3.63) is 98.6 Å². The number of esters is 1. The maximum atomic E-state index is 13.1. The van der Waals surface area contributed by atoms with Gasteiger partial charge in [-0.1, -0.05) is 53.9 Å². The zero-order chi connectivity index (χ0) is 27.4. The van der Waals surface area contributed by atoms with Crippen LogP contribution in [0.25, 0.3) is 0 Å². The molecule has 2 N–H and O–H groups in total. The lowest BCUT2D eigenvalue weighted by molar-refractivity contribution is -0.120. The molecule has 0 atom stereocenters. The maximum Gasteiger partial charge on any atom is 0.338 e. The number of carbonyl (C=O) groups is 4. The van der Waals surface area contributed by atoms with Gasteiger partial charge in [-0.25, -0.2) is 9.69 Å². The largest absolute Gasteiger partial charge is 0.462 e. The molecule has 0 saturated carbocycles. The van der Waals surface area contributed by atoms with Gasteiger partial charge in [0.15, 0.2) is 0 Å². The average molecular weight is 573 g/mol. The van der Waals surface area contributed by atoms with Gasteiger partial charge in [0.25, 0.3) is 17.7 Å². The molecule has 0 fully saturated rings. The predicted octanol–water partition coefficient (Wildman–Crippen LogP) is 6.25. The highest BCUT2D eigenvalue weighted by Crippen LogP contribution is 2.37. The second-order valence-electron chi connectivity index (χ2n) is 8.08. The Morgan fingerprint density at radius 2 is 1.58 bits per heavy atom.